The first kappa shape index (κ1) is 18.8. The van der Waals surface area contributed by atoms with E-state index in [4.69, 9.17) is 16.1 Å². The van der Waals surface area contributed by atoms with Crippen LogP contribution in [0.5, 0.6) is 0 Å². The number of halogens is 1. The van der Waals surface area contributed by atoms with Gasteiger partial charge >= 0.3 is 6.03 Å². The molecule has 1 N–H and O–H groups in total. The number of thioether (sulfide) groups is 1. The summed E-state index contributed by atoms with van der Waals surface area (Å²) in [6, 6.07) is 14.7. The molecule has 1 aromatic heterocycles. The standard InChI is InChI=1S/C20H19ClN4O2S/c1-28-16-9-7-15(8-10-16)22-20(26)25-11-3-6-17(25)19-23-18(24-27-19)13-4-2-5-14(21)12-13/h2,4-5,7-10,12,17H,3,6,11H2,1H3,(H,22,26). The van der Waals surface area contributed by atoms with Crippen molar-refractivity contribution in [2.24, 2.45) is 0 Å². The molecule has 1 aliphatic rings. The SMILES string of the molecule is CSc1ccc(NC(=O)N2CCCC2c2nc(-c3cccc(Cl)c3)no2)cc1. The number of likely N-dealkylation sites (tertiary alicyclic amines) is 1. The molecule has 6 nitrogen and oxygen atoms in total. The molecule has 1 fully saturated rings. The van der Waals surface area contributed by atoms with Gasteiger partial charge in [0.1, 0.15) is 6.04 Å². The van der Waals surface area contributed by atoms with E-state index in [2.05, 4.69) is 15.5 Å². The van der Waals surface area contributed by atoms with E-state index in [9.17, 15) is 4.79 Å². The van der Waals surface area contributed by atoms with E-state index in [-0.39, 0.29) is 12.1 Å². The Kier molecular flexibility index (Phi) is 5.54. The van der Waals surface area contributed by atoms with Crippen LogP contribution < -0.4 is 5.32 Å². The predicted molar refractivity (Wildman–Crippen MR) is 111 cm³/mol. The number of anilines is 1. The Bertz CT molecular complexity index is 976. The monoisotopic (exact) mass is 414 g/mol. The maximum absolute atomic E-state index is 12.8. The molecule has 0 spiro atoms. The zero-order valence-electron chi connectivity index (χ0n) is 15.3. The van der Waals surface area contributed by atoms with Gasteiger partial charge in [-0.05, 0) is 55.5 Å². The summed E-state index contributed by atoms with van der Waals surface area (Å²) in [5.41, 5.74) is 1.55. The van der Waals surface area contributed by atoms with Crippen molar-refractivity contribution in [3.63, 3.8) is 0 Å². The highest BCUT2D eigenvalue weighted by molar-refractivity contribution is 7.98. The van der Waals surface area contributed by atoms with E-state index >= 15 is 0 Å². The molecule has 144 valence electrons. The van der Waals surface area contributed by atoms with E-state index in [0.717, 1.165) is 29.0 Å². The molecule has 8 heteroatoms. The van der Waals surface area contributed by atoms with Crippen molar-refractivity contribution in [1.29, 1.82) is 0 Å². The van der Waals surface area contributed by atoms with E-state index in [0.29, 0.717) is 23.3 Å². The average molecular weight is 415 g/mol. The van der Waals surface area contributed by atoms with Crippen molar-refractivity contribution in [2.75, 3.05) is 18.1 Å². The first-order chi connectivity index (χ1) is 13.6. The Morgan fingerprint density at radius 2 is 2.11 bits per heavy atom. The summed E-state index contributed by atoms with van der Waals surface area (Å²) in [4.78, 5) is 20.2. The fraction of sp³-hybridized carbons (Fsp3) is 0.250. The third-order valence-electron chi connectivity index (χ3n) is 4.66. The quantitative estimate of drug-likeness (QED) is 0.572. The summed E-state index contributed by atoms with van der Waals surface area (Å²) in [5.74, 6) is 0.915. The van der Waals surface area contributed by atoms with Crippen LogP contribution in [0.3, 0.4) is 0 Å². The largest absolute Gasteiger partial charge is 0.337 e. The fourth-order valence-electron chi connectivity index (χ4n) is 3.25. The Morgan fingerprint density at radius 3 is 2.86 bits per heavy atom. The van der Waals surface area contributed by atoms with Gasteiger partial charge in [-0.25, -0.2) is 4.79 Å². The second kappa shape index (κ2) is 8.24. The molecule has 3 aromatic rings. The van der Waals surface area contributed by atoms with Gasteiger partial charge in [0.15, 0.2) is 0 Å². The summed E-state index contributed by atoms with van der Waals surface area (Å²) >= 11 is 7.70. The van der Waals surface area contributed by atoms with Crippen LogP contribution in [-0.4, -0.2) is 33.9 Å². The van der Waals surface area contributed by atoms with E-state index in [1.54, 1.807) is 28.8 Å². The predicted octanol–water partition coefficient (Wildman–Crippen LogP) is 5.48. The maximum Gasteiger partial charge on any atom is 0.322 e. The number of aromatic nitrogens is 2. The summed E-state index contributed by atoms with van der Waals surface area (Å²) in [7, 11) is 0. The van der Waals surface area contributed by atoms with Crippen LogP contribution in [0.4, 0.5) is 10.5 Å². The minimum absolute atomic E-state index is 0.165. The van der Waals surface area contributed by atoms with Gasteiger partial charge in [0.05, 0.1) is 0 Å². The van der Waals surface area contributed by atoms with E-state index in [1.165, 1.54) is 0 Å². The summed E-state index contributed by atoms with van der Waals surface area (Å²) in [6.45, 7) is 0.647. The average Bonchev–Trinajstić information content (AvgIpc) is 3.38. The first-order valence-electron chi connectivity index (χ1n) is 8.95. The normalized spacial score (nSPS) is 16.4. The van der Waals surface area contributed by atoms with Gasteiger partial charge in [0.25, 0.3) is 0 Å². The molecule has 0 bridgehead atoms. The van der Waals surface area contributed by atoms with Crippen molar-refractivity contribution < 1.29 is 9.32 Å². The smallest absolute Gasteiger partial charge is 0.322 e. The molecule has 1 atom stereocenters. The molecular weight excluding hydrogens is 396 g/mol. The number of urea groups is 1. The number of hydrogen-bond acceptors (Lipinski definition) is 5. The van der Waals surface area contributed by atoms with Crippen LogP contribution >= 0.6 is 23.4 Å². The lowest BCUT2D eigenvalue weighted by Crippen LogP contribution is -2.34. The van der Waals surface area contributed by atoms with Gasteiger partial charge in [-0.2, -0.15) is 4.98 Å². The third kappa shape index (κ3) is 4.00. The van der Waals surface area contributed by atoms with Crippen LogP contribution in [-0.2, 0) is 0 Å². The number of hydrogen-bond donors (Lipinski definition) is 1. The van der Waals surface area contributed by atoms with Crippen LogP contribution in [0.1, 0.15) is 24.8 Å². The van der Waals surface area contributed by atoms with Gasteiger partial charge in [0, 0.05) is 27.7 Å². The van der Waals surface area contributed by atoms with E-state index < -0.39 is 0 Å². The molecule has 2 aromatic carbocycles. The Hall–Kier alpha value is -2.51. The third-order valence-corrected chi connectivity index (χ3v) is 5.64. The number of rotatable bonds is 4. The molecular formula is C20H19ClN4O2S. The highest BCUT2D eigenvalue weighted by Crippen LogP contribution is 2.33. The van der Waals surface area contributed by atoms with Gasteiger partial charge in [-0.1, -0.05) is 28.9 Å². The minimum Gasteiger partial charge on any atom is -0.337 e. The number of nitrogens with one attached hydrogen (secondary N) is 1. The molecule has 0 saturated carbocycles. The highest BCUT2D eigenvalue weighted by Gasteiger charge is 2.34. The van der Waals surface area contributed by atoms with Crippen LogP contribution in [0.15, 0.2) is 57.9 Å². The van der Waals surface area contributed by atoms with Crippen LogP contribution in [0.25, 0.3) is 11.4 Å². The molecule has 0 radical (unpaired) electrons. The lowest BCUT2D eigenvalue weighted by molar-refractivity contribution is 0.193. The van der Waals surface area contributed by atoms with Crippen LogP contribution in [0, 0.1) is 0 Å². The lowest BCUT2D eigenvalue weighted by atomic mass is 10.2. The zero-order chi connectivity index (χ0) is 19.5. The minimum atomic E-state index is -0.231. The molecule has 1 unspecified atom stereocenters. The molecule has 1 saturated heterocycles. The Labute approximate surface area is 172 Å². The summed E-state index contributed by atoms with van der Waals surface area (Å²) < 4.78 is 5.48. The van der Waals surface area contributed by atoms with Gasteiger partial charge in [-0.3, -0.25) is 0 Å². The van der Waals surface area contributed by atoms with Crippen molar-refractivity contribution in [3.8, 4) is 11.4 Å². The molecule has 1 aliphatic heterocycles. The summed E-state index contributed by atoms with van der Waals surface area (Å²) in [6.07, 6.45) is 3.69. The lowest BCUT2D eigenvalue weighted by Gasteiger charge is -2.22. The summed E-state index contributed by atoms with van der Waals surface area (Å²) in [5, 5.41) is 7.62. The van der Waals surface area contributed by atoms with Crippen molar-refractivity contribution >= 4 is 35.1 Å². The maximum atomic E-state index is 12.8. The number of carbonyl (C=O) groups is 1. The van der Waals surface area contributed by atoms with Crippen molar-refractivity contribution in [2.45, 2.75) is 23.8 Å². The zero-order valence-corrected chi connectivity index (χ0v) is 16.8. The van der Waals surface area contributed by atoms with Gasteiger partial charge in [0.2, 0.25) is 11.7 Å². The second-order valence-electron chi connectivity index (χ2n) is 6.48. The molecule has 0 aliphatic carbocycles. The van der Waals surface area contributed by atoms with Crippen molar-refractivity contribution in [3.05, 3.63) is 59.4 Å². The Morgan fingerprint density at radius 1 is 1.29 bits per heavy atom. The molecule has 2 amide bonds. The first-order valence-corrected chi connectivity index (χ1v) is 10.6. The number of carbonyl (C=O) groups excluding carboxylic acids is 1. The van der Waals surface area contributed by atoms with Gasteiger partial charge in [-0.15, -0.1) is 11.8 Å². The molecule has 2 heterocycles. The Balaban J connectivity index is 1.49. The highest BCUT2D eigenvalue weighted by atomic mass is 35.5. The van der Waals surface area contributed by atoms with Gasteiger partial charge < -0.3 is 14.7 Å². The van der Waals surface area contributed by atoms with Crippen molar-refractivity contribution in [1.82, 2.24) is 15.0 Å². The second-order valence-corrected chi connectivity index (χ2v) is 7.79. The van der Waals surface area contributed by atoms with Crippen LogP contribution in [0.2, 0.25) is 5.02 Å². The molecule has 4 rings (SSSR count). The van der Waals surface area contributed by atoms with E-state index in [1.807, 2.05) is 42.7 Å². The molecule has 28 heavy (non-hydrogen) atoms. The fourth-order valence-corrected chi connectivity index (χ4v) is 3.85. The topological polar surface area (TPSA) is 71.3 Å². The number of nitrogens with zero attached hydrogens (tertiary/aromatic N) is 3. The number of benzene rings is 2. The number of amides is 2.